The summed E-state index contributed by atoms with van der Waals surface area (Å²) in [7, 11) is 0. The van der Waals surface area contributed by atoms with Crippen LogP contribution in [0.25, 0.3) is 17.1 Å². The molecule has 0 atom stereocenters. The Morgan fingerprint density at radius 1 is 0.971 bits per heavy atom. The molecule has 0 bridgehead atoms. The van der Waals surface area contributed by atoms with Gasteiger partial charge in [-0.1, -0.05) is 30.3 Å². The Labute approximate surface area is 206 Å². The van der Waals surface area contributed by atoms with Gasteiger partial charge in [-0.25, -0.2) is 18.4 Å². The lowest BCUT2D eigenvalue weighted by atomic mass is 10.2. The van der Waals surface area contributed by atoms with Crippen molar-refractivity contribution in [3.8, 4) is 23.1 Å². The predicted octanol–water partition coefficient (Wildman–Crippen LogP) is 4.39. The smallest absolute Gasteiger partial charge is 0.204 e. The summed E-state index contributed by atoms with van der Waals surface area (Å²) < 4.78 is 31.9. The van der Waals surface area contributed by atoms with E-state index in [0.717, 1.165) is 11.6 Å². The van der Waals surface area contributed by atoms with E-state index >= 15 is 0 Å². The maximum absolute atomic E-state index is 14.8. The molecule has 2 aromatic carbocycles. The summed E-state index contributed by atoms with van der Waals surface area (Å²) in [5.41, 5.74) is 1.46. The summed E-state index contributed by atoms with van der Waals surface area (Å²) in [6.07, 6.45) is 1.69. The van der Waals surface area contributed by atoms with Gasteiger partial charge in [0.2, 0.25) is 4.77 Å². The van der Waals surface area contributed by atoms with Gasteiger partial charge in [0.15, 0.2) is 5.82 Å². The van der Waals surface area contributed by atoms with Crippen LogP contribution in [0.2, 0.25) is 0 Å². The highest BCUT2D eigenvalue weighted by molar-refractivity contribution is 7.71. The standard InChI is InChI=1S/C25H21F2N7S/c26-20-8-9-22(21(27)15-20)34-24(18-5-2-1-3-6-18)30-33(25(34)35)17-31-11-13-32(14-12-31)23-19(16-28)7-4-10-29-23/h1-10,15H,11-14,17H2. The first-order valence-corrected chi connectivity index (χ1v) is 11.5. The van der Waals surface area contributed by atoms with Crippen LogP contribution in [0.4, 0.5) is 14.6 Å². The van der Waals surface area contributed by atoms with Crippen molar-refractivity contribution in [2.45, 2.75) is 6.67 Å². The van der Waals surface area contributed by atoms with Crippen LogP contribution in [-0.2, 0) is 6.67 Å². The molecule has 1 fully saturated rings. The van der Waals surface area contributed by atoms with Gasteiger partial charge in [-0.05, 0) is 36.5 Å². The average Bonchev–Trinajstić information content (AvgIpc) is 3.20. The normalized spacial score (nSPS) is 14.1. The van der Waals surface area contributed by atoms with Gasteiger partial charge in [0.05, 0.1) is 17.9 Å². The first kappa shape index (κ1) is 22.8. The minimum absolute atomic E-state index is 0.144. The maximum atomic E-state index is 14.8. The Morgan fingerprint density at radius 2 is 1.74 bits per heavy atom. The van der Waals surface area contributed by atoms with Gasteiger partial charge >= 0.3 is 0 Å². The third-order valence-corrected chi connectivity index (χ3v) is 6.33. The molecule has 1 aliphatic rings. The van der Waals surface area contributed by atoms with Gasteiger partial charge in [-0.3, -0.25) is 9.47 Å². The summed E-state index contributed by atoms with van der Waals surface area (Å²) in [6, 6.07) is 18.5. The number of hydrogen-bond acceptors (Lipinski definition) is 6. The van der Waals surface area contributed by atoms with Gasteiger partial charge in [0, 0.05) is 44.0 Å². The fraction of sp³-hybridized carbons (Fsp3) is 0.200. The zero-order valence-corrected chi connectivity index (χ0v) is 19.5. The van der Waals surface area contributed by atoms with Gasteiger partial charge < -0.3 is 4.90 Å². The van der Waals surface area contributed by atoms with Crippen LogP contribution < -0.4 is 4.90 Å². The highest BCUT2D eigenvalue weighted by Crippen LogP contribution is 2.25. The molecule has 2 aromatic heterocycles. The predicted molar refractivity (Wildman–Crippen MR) is 130 cm³/mol. The zero-order valence-electron chi connectivity index (χ0n) is 18.7. The molecule has 4 aromatic rings. The fourth-order valence-electron chi connectivity index (χ4n) is 4.18. The molecule has 7 nitrogen and oxygen atoms in total. The molecular formula is C25H21F2N7S. The zero-order chi connectivity index (χ0) is 24.4. The first-order valence-electron chi connectivity index (χ1n) is 11.1. The molecule has 0 amide bonds. The number of benzene rings is 2. The van der Waals surface area contributed by atoms with E-state index in [4.69, 9.17) is 17.3 Å². The van der Waals surface area contributed by atoms with Crippen LogP contribution in [0.5, 0.6) is 0 Å². The molecule has 0 saturated carbocycles. The molecule has 0 spiro atoms. The Kier molecular flexibility index (Phi) is 6.35. The summed E-state index contributed by atoms with van der Waals surface area (Å²) in [5, 5.41) is 14.1. The van der Waals surface area contributed by atoms with E-state index in [0.29, 0.717) is 54.8 Å². The molecule has 10 heteroatoms. The van der Waals surface area contributed by atoms with Crippen molar-refractivity contribution in [2.75, 3.05) is 31.1 Å². The van der Waals surface area contributed by atoms with Crippen LogP contribution >= 0.6 is 12.2 Å². The number of rotatable bonds is 5. The van der Waals surface area contributed by atoms with E-state index in [2.05, 4.69) is 20.9 Å². The molecule has 5 rings (SSSR count). The molecule has 0 unspecified atom stereocenters. The highest BCUT2D eigenvalue weighted by atomic mass is 32.1. The van der Waals surface area contributed by atoms with E-state index in [-0.39, 0.29) is 5.69 Å². The maximum Gasteiger partial charge on any atom is 0.204 e. The van der Waals surface area contributed by atoms with Crippen LogP contribution in [0.15, 0.2) is 66.9 Å². The number of hydrogen-bond donors (Lipinski definition) is 0. The molecule has 0 N–H and O–H groups in total. The number of aromatic nitrogens is 4. The van der Waals surface area contributed by atoms with E-state index in [9.17, 15) is 14.0 Å². The van der Waals surface area contributed by atoms with Crippen LogP contribution in [0.1, 0.15) is 5.56 Å². The van der Waals surface area contributed by atoms with Crippen molar-refractivity contribution >= 4 is 18.0 Å². The number of anilines is 1. The number of nitrogens with zero attached hydrogens (tertiary/aromatic N) is 7. The van der Waals surface area contributed by atoms with Crippen molar-refractivity contribution in [3.05, 3.63) is 88.8 Å². The number of piperazine rings is 1. The summed E-state index contributed by atoms with van der Waals surface area (Å²) in [4.78, 5) is 8.66. The van der Waals surface area contributed by atoms with E-state index in [1.807, 2.05) is 30.3 Å². The van der Waals surface area contributed by atoms with E-state index in [1.54, 1.807) is 27.6 Å². The lowest BCUT2D eigenvalue weighted by Crippen LogP contribution is -2.47. The molecule has 1 aliphatic heterocycles. The van der Waals surface area contributed by atoms with Gasteiger partial charge in [0.1, 0.15) is 23.5 Å². The summed E-state index contributed by atoms with van der Waals surface area (Å²) in [5.74, 6) is -0.201. The molecule has 0 aliphatic carbocycles. The van der Waals surface area contributed by atoms with E-state index < -0.39 is 11.6 Å². The molecular weight excluding hydrogens is 468 g/mol. The van der Waals surface area contributed by atoms with Crippen LogP contribution in [-0.4, -0.2) is 50.4 Å². The Balaban J connectivity index is 1.43. The third kappa shape index (κ3) is 4.56. The van der Waals surface area contributed by atoms with Crippen molar-refractivity contribution < 1.29 is 8.78 Å². The van der Waals surface area contributed by atoms with E-state index in [1.165, 1.54) is 12.1 Å². The molecule has 35 heavy (non-hydrogen) atoms. The molecule has 1 saturated heterocycles. The van der Waals surface area contributed by atoms with Gasteiger partial charge in [-0.2, -0.15) is 5.26 Å². The van der Waals surface area contributed by atoms with Gasteiger partial charge in [-0.15, -0.1) is 5.10 Å². The second kappa shape index (κ2) is 9.74. The Bertz CT molecular complexity index is 1450. The van der Waals surface area contributed by atoms with Crippen molar-refractivity contribution in [3.63, 3.8) is 0 Å². The minimum atomic E-state index is -0.713. The highest BCUT2D eigenvalue weighted by Gasteiger charge is 2.23. The second-order valence-corrected chi connectivity index (χ2v) is 8.50. The monoisotopic (exact) mass is 489 g/mol. The first-order chi connectivity index (χ1) is 17.0. The topological polar surface area (TPSA) is 65.9 Å². The summed E-state index contributed by atoms with van der Waals surface area (Å²) >= 11 is 5.71. The Hall–Kier alpha value is -3.94. The van der Waals surface area contributed by atoms with Crippen molar-refractivity contribution in [1.29, 1.82) is 5.26 Å². The fourth-order valence-corrected chi connectivity index (χ4v) is 4.46. The lowest BCUT2D eigenvalue weighted by molar-refractivity contribution is 0.194. The minimum Gasteiger partial charge on any atom is -0.353 e. The molecule has 0 radical (unpaired) electrons. The van der Waals surface area contributed by atoms with Gasteiger partial charge in [0.25, 0.3) is 0 Å². The molecule has 176 valence electrons. The quantitative estimate of drug-likeness (QED) is 0.388. The third-order valence-electron chi connectivity index (χ3n) is 5.93. The van der Waals surface area contributed by atoms with Crippen LogP contribution in [0, 0.1) is 27.7 Å². The second-order valence-electron chi connectivity index (χ2n) is 8.14. The number of pyridine rings is 1. The number of nitriles is 1. The summed E-state index contributed by atoms with van der Waals surface area (Å²) in [6.45, 7) is 3.22. The van der Waals surface area contributed by atoms with Crippen LogP contribution in [0.3, 0.4) is 0 Å². The Morgan fingerprint density at radius 3 is 2.46 bits per heavy atom. The molecule has 3 heterocycles. The van der Waals surface area contributed by atoms with Crippen molar-refractivity contribution in [1.82, 2.24) is 24.2 Å². The SMILES string of the molecule is N#Cc1cccnc1N1CCN(Cn2nc(-c3ccccc3)n(-c3ccc(F)cc3F)c2=S)CC1. The lowest BCUT2D eigenvalue weighted by Gasteiger charge is -2.35. The number of halogens is 2. The van der Waals surface area contributed by atoms with Crippen molar-refractivity contribution in [2.24, 2.45) is 0 Å². The average molecular weight is 490 g/mol. The largest absolute Gasteiger partial charge is 0.353 e.